The van der Waals surface area contributed by atoms with E-state index in [0.29, 0.717) is 62.8 Å². The van der Waals surface area contributed by atoms with E-state index < -0.39 is 74.6 Å². The van der Waals surface area contributed by atoms with Gasteiger partial charge in [-0.25, -0.2) is 4.79 Å². The van der Waals surface area contributed by atoms with Crippen LogP contribution in [0.4, 0.5) is 0 Å². The first-order valence-electron chi connectivity index (χ1n) is 26.9. The Morgan fingerprint density at radius 1 is 0.500 bits per heavy atom. The molecule has 0 bridgehead atoms. The highest BCUT2D eigenvalue weighted by molar-refractivity contribution is 5.77. The fourth-order valence-corrected chi connectivity index (χ4v) is 7.11. The highest BCUT2D eigenvalue weighted by atomic mass is 16.6. The number of carboxylic acid groups (broad SMARTS) is 4. The highest BCUT2D eigenvalue weighted by Crippen LogP contribution is 2.39. The lowest BCUT2D eigenvalue weighted by Gasteiger charge is -2.27. The molecule has 1 atom stereocenters. The molecule has 27 heteroatoms. The number of hydrogen-bond donors (Lipinski definition) is 6. The molecule has 0 radical (unpaired) electrons. The topological polar surface area (TPSA) is 350 Å². The maximum atomic E-state index is 13.4. The van der Waals surface area contributed by atoms with E-state index >= 15 is 0 Å². The number of aromatic hydroxyl groups is 1. The van der Waals surface area contributed by atoms with Crippen LogP contribution in [0.5, 0.6) is 23.0 Å². The first-order valence-corrected chi connectivity index (χ1v) is 26.9. The summed E-state index contributed by atoms with van der Waals surface area (Å²) in [7, 11) is 0. The molecule has 2 aromatic carbocycles. The van der Waals surface area contributed by atoms with Crippen LogP contribution in [0.25, 0.3) is 0 Å². The van der Waals surface area contributed by atoms with Crippen molar-refractivity contribution in [1.82, 2.24) is 14.7 Å². The Morgan fingerprint density at radius 3 is 1.38 bits per heavy atom. The fourth-order valence-electron chi connectivity index (χ4n) is 7.11. The summed E-state index contributed by atoms with van der Waals surface area (Å²) in [5.74, 6) is -5.93. The summed E-state index contributed by atoms with van der Waals surface area (Å²) in [6.07, 6.45) is 0.362. The smallest absolute Gasteiger partial charge is 0.327 e. The molecular weight excluding hydrogens is 1080 g/mol. The zero-order chi connectivity index (χ0) is 60.9. The van der Waals surface area contributed by atoms with Gasteiger partial charge < -0.3 is 88.1 Å². The normalized spacial score (nSPS) is 12.2. The van der Waals surface area contributed by atoms with Crippen LogP contribution in [-0.2, 0) is 78.0 Å². The van der Waals surface area contributed by atoms with Gasteiger partial charge in [0.25, 0.3) is 0 Å². The van der Waals surface area contributed by atoms with Crippen molar-refractivity contribution in [2.45, 2.75) is 78.7 Å². The number of rotatable bonds is 48. The zero-order valence-corrected chi connectivity index (χ0v) is 48.6. The van der Waals surface area contributed by atoms with Gasteiger partial charge in [-0.1, -0.05) is 12.1 Å². The van der Waals surface area contributed by atoms with Gasteiger partial charge in [-0.3, -0.25) is 38.7 Å². The van der Waals surface area contributed by atoms with E-state index in [9.17, 15) is 54.3 Å². The largest absolute Gasteiger partial charge is 0.508 e. The van der Waals surface area contributed by atoms with E-state index in [4.69, 9.17) is 62.6 Å². The average Bonchev–Trinajstić information content (AvgIpc) is 3.42. The van der Waals surface area contributed by atoms with Crippen molar-refractivity contribution in [2.75, 3.05) is 165 Å². The molecule has 27 nitrogen and oxygen atoms in total. The average molecular weight is 1170 g/mol. The first kappa shape index (κ1) is 72.1. The van der Waals surface area contributed by atoms with Gasteiger partial charge in [-0.2, -0.15) is 0 Å². The maximum absolute atomic E-state index is 13.4. The number of nitrogens with zero attached hydrogens (tertiary/aromatic N) is 3. The van der Waals surface area contributed by atoms with Crippen LogP contribution in [0.2, 0.25) is 0 Å². The molecule has 0 amide bonds. The first-order chi connectivity index (χ1) is 38.8. The molecular formula is C55H88N4O23. The van der Waals surface area contributed by atoms with E-state index in [2.05, 4.69) is 0 Å². The predicted octanol–water partition coefficient (Wildman–Crippen LogP) is 2.47. The van der Waals surface area contributed by atoms with E-state index in [-0.39, 0.29) is 133 Å². The minimum absolute atomic E-state index is 0.0358. The molecule has 1 unspecified atom stereocenters. The molecule has 0 saturated heterocycles. The van der Waals surface area contributed by atoms with E-state index in [1.165, 1.54) is 15.9 Å². The molecule has 0 aromatic heterocycles. The van der Waals surface area contributed by atoms with E-state index in [0.717, 1.165) is 4.90 Å². The second-order valence-electron chi connectivity index (χ2n) is 20.4. The third-order valence-electron chi connectivity index (χ3n) is 11.0. The second-order valence-corrected chi connectivity index (χ2v) is 20.4. The van der Waals surface area contributed by atoms with Crippen LogP contribution in [0.1, 0.15) is 70.7 Å². The maximum Gasteiger partial charge on any atom is 0.327 e. The summed E-state index contributed by atoms with van der Waals surface area (Å²) >= 11 is 0. The molecule has 0 aliphatic carbocycles. The molecule has 2 aromatic rings. The Balaban J connectivity index is 2.25. The van der Waals surface area contributed by atoms with Crippen LogP contribution in [0, 0.1) is 6.92 Å². The van der Waals surface area contributed by atoms with Gasteiger partial charge >= 0.3 is 35.8 Å². The van der Waals surface area contributed by atoms with Crippen molar-refractivity contribution in [3.8, 4) is 23.0 Å². The lowest BCUT2D eigenvalue weighted by Crippen LogP contribution is -2.45. The summed E-state index contributed by atoms with van der Waals surface area (Å²) in [4.78, 5) is 75.9. The Hall–Kier alpha value is -5.98. The van der Waals surface area contributed by atoms with Gasteiger partial charge in [0.1, 0.15) is 38.2 Å². The molecule has 82 heavy (non-hydrogen) atoms. The number of nitrogens with two attached hydrogens (primary N) is 1. The Kier molecular flexibility index (Phi) is 35.4. The second kappa shape index (κ2) is 40.3. The van der Waals surface area contributed by atoms with Crippen LogP contribution >= 0.6 is 0 Å². The summed E-state index contributed by atoms with van der Waals surface area (Å²) in [5, 5.41) is 47.5. The predicted molar refractivity (Wildman–Crippen MR) is 293 cm³/mol. The quantitative estimate of drug-likeness (QED) is 0.0409. The van der Waals surface area contributed by atoms with Crippen molar-refractivity contribution in [2.24, 2.45) is 5.73 Å². The van der Waals surface area contributed by atoms with Crippen LogP contribution in [0.15, 0.2) is 30.3 Å². The number of esters is 2. The lowest BCUT2D eigenvalue weighted by molar-refractivity contribution is -0.148. The van der Waals surface area contributed by atoms with Crippen LogP contribution in [-0.4, -0.2) is 252 Å². The molecule has 0 aliphatic heterocycles. The van der Waals surface area contributed by atoms with E-state index in [1.807, 2.05) is 41.5 Å². The SMILES string of the molecule is Cc1cc(C(N)C(=O)OCCOCCCOc2c(OCCOCCOCCOC(C)(C)C)cc(COC(=O)CN(CCN(CCN(CC(=O)O)CC(=O)O)CC(=O)O)CC(=O)O)cc2OCCOCCOCCOC(C)(C)C)ccc1O. The standard InChI is InChI=1S/C55H88N4O23/c1-40-31-42(9-10-43(40)60)51(56)53(70)79-28-23-71-15-8-16-78-52-44(76-26-21-72-17-19-74-24-29-81-54(2,3)4)32-41(33-45(52)77-27-22-73-18-20-75-25-30-82-55(5,6)7)39-80-50(69)38-59(37-49(67)68)14-12-57(34-46(61)62)11-13-58(35-47(63)64)36-48(65)66/h9-10,31-33,51,60H,8,11-30,34-39,56H2,1-7H3,(H,61,62)(H,63,64)(H,65,66)(H,67,68). The third kappa shape index (κ3) is 35.8. The monoisotopic (exact) mass is 1170 g/mol. The fraction of sp³-hybridized carbons (Fsp3) is 0.673. The number of aryl methyl sites for hydroxylation is 1. The number of aliphatic carboxylic acids is 4. The van der Waals surface area contributed by atoms with Gasteiger partial charge in [0.2, 0.25) is 5.75 Å². The molecule has 466 valence electrons. The lowest BCUT2D eigenvalue weighted by atomic mass is 10.0. The molecule has 0 heterocycles. The Morgan fingerprint density at radius 2 is 0.915 bits per heavy atom. The highest BCUT2D eigenvalue weighted by Gasteiger charge is 2.23. The number of ether oxygens (including phenoxy) is 12. The Bertz CT molecular complexity index is 2130. The number of carboxylic acids is 4. The summed E-state index contributed by atoms with van der Waals surface area (Å²) in [6, 6.07) is 6.71. The minimum atomic E-state index is -1.29. The van der Waals surface area contributed by atoms with Crippen molar-refractivity contribution in [3.05, 3.63) is 47.0 Å². The van der Waals surface area contributed by atoms with Crippen LogP contribution < -0.4 is 19.9 Å². The van der Waals surface area contributed by atoms with Crippen molar-refractivity contribution >= 4 is 35.8 Å². The third-order valence-corrected chi connectivity index (χ3v) is 11.0. The van der Waals surface area contributed by atoms with Crippen molar-refractivity contribution < 1.29 is 111 Å². The number of benzene rings is 2. The van der Waals surface area contributed by atoms with Gasteiger partial charge in [-0.05, 0) is 83.4 Å². The molecule has 0 spiro atoms. The van der Waals surface area contributed by atoms with Gasteiger partial charge in [-0.15, -0.1) is 0 Å². The molecule has 0 saturated carbocycles. The number of phenols is 1. The number of carbonyl (C=O) groups excluding carboxylic acids is 2. The summed E-state index contributed by atoms with van der Waals surface area (Å²) in [5.41, 5.74) is 6.92. The molecule has 0 aliphatic rings. The Labute approximate surface area is 479 Å². The van der Waals surface area contributed by atoms with Crippen LogP contribution in [0.3, 0.4) is 0 Å². The van der Waals surface area contributed by atoms with Gasteiger partial charge in [0, 0.05) is 39.2 Å². The van der Waals surface area contributed by atoms with E-state index in [1.54, 1.807) is 31.2 Å². The van der Waals surface area contributed by atoms with Crippen molar-refractivity contribution in [3.63, 3.8) is 0 Å². The van der Waals surface area contributed by atoms with Crippen molar-refractivity contribution in [1.29, 1.82) is 0 Å². The summed E-state index contributed by atoms with van der Waals surface area (Å²) < 4.78 is 69.4. The number of phenolic OH excluding ortho intramolecular Hbond substituents is 1. The molecule has 0 fully saturated rings. The number of carbonyl (C=O) groups is 6. The molecule has 7 N–H and O–H groups in total. The number of hydrogen-bond acceptors (Lipinski definition) is 23. The minimum Gasteiger partial charge on any atom is -0.508 e. The zero-order valence-electron chi connectivity index (χ0n) is 48.6. The molecule has 2 rings (SSSR count). The summed E-state index contributed by atoms with van der Waals surface area (Å²) in [6.45, 7) is 13.1. The van der Waals surface area contributed by atoms with Gasteiger partial charge in [0.15, 0.2) is 11.5 Å². The van der Waals surface area contributed by atoms with Gasteiger partial charge in [0.05, 0.1) is 123 Å².